The zero-order chi connectivity index (χ0) is 21.4. The fraction of sp³-hybridized carbons (Fsp3) is 0.435. The Bertz CT molecular complexity index is 1060. The van der Waals surface area contributed by atoms with Gasteiger partial charge in [0.2, 0.25) is 5.91 Å². The summed E-state index contributed by atoms with van der Waals surface area (Å²) in [6.45, 7) is 5.02. The molecule has 4 heterocycles. The van der Waals surface area contributed by atoms with Gasteiger partial charge in [-0.3, -0.25) is 14.6 Å². The van der Waals surface area contributed by atoms with Crippen molar-refractivity contribution in [3.05, 3.63) is 59.6 Å². The van der Waals surface area contributed by atoms with Crippen molar-refractivity contribution in [3.63, 3.8) is 0 Å². The minimum absolute atomic E-state index is 0.122. The van der Waals surface area contributed by atoms with Crippen molar-refractivity contribution in [1.29, 1.82) is 0 Å². The first-order chi connectivity index (χ1) is 15.1. The normalized spacial score (nSPS) is 18.4. The van der Waals surface area contributed by atoms with Crippen LogP contribution in [0.5, 0.6) is 5.75 Å². The first-order valence-electron chi connectivity index (χ1n) is 10.7. The zero-order valence-corrected chi connectivity index (χ0v) is 18.0. The van der Waals surface area contributed by atoms with E-state index in [0.29, 0.717) is 13.0 Å². The van der Waals surface area contributed by atoms with Crippen molar-refractivity contribution < 1.29 is 14.1 Å². The number of ether oxygens (including phenoxy) is 1. The summed E-state index contributed by atoms with van der Waals surface area (Å²) in [6.07, 6.45) is 4.07. The first kappa shape index (κ1) is 19.8. The number of nitrogens with zero attached hydrogens (tertiary/aromatic N) is 5. The predicted molar refractivity (Wildman–Crippen MR) is 115 cm³/mol. The van der Waals surface area contributed by atoms with Crippen LogP contribution in [0.25, 0.3) is 0 Å². The van der Waals surface area contributed by atoms with Gasteiger partial charge in [0.15, 0.2) is 0 Å². The number of fused-ring (bicyclic) bond motifs is 2. The van der Waals surface area contributed by atoms with E-state index >= 15 is 0 Å². The van der Waals surface area contributed by atoms with E-state index in [2.05, 4.69) is 32.0 Å². The van der Waals surface area contributed by atoms with Crippen LogP contribution in [-0.4, -0.2) is 45.9 Å². The lowest BCUT2D eigenvalue weighted by Gasteiger charge is -2.46. The van der Waals surface area contributed by atoms with Gasteiger partial charge in [0.1, 0.15) is 23.0 Å². The maximum atomic E-state index is 13.2. The van der Waals surface area contributed by atoms with Crippen LogP contribution in [0.2, 0.25) is 0 Å². The summed E-state index contributed by atoms with van der Waals surface area (Å²) in [7, 11) is 1.68. The summed E-state index contributed by atoms with van der Waals surface area (Å²) in [5.41, 5.74) is 1.77. The molecule has 3 aromatic rings. The number of hydrogen-bond acceptors (Lipinski definition) is 6. The third-order valence-corrected chi connectivity index (χ3v) is 6.48. The van der Waals surface area contributed by atoms with Gasteiger partial charge in [-0.05, 0) is 37.5 Å². The van der Waals surface area contributed by atoms with Crippen LogP contribution in [0, 0.1) is 6.92 Å². The number of anilines is 1. The molecule has 5 rings (SSSR count). The molecule has 0 N–H and O–H groups in total. The average molecular weight is 422 g/mol. The van der Waals surface area contributed by atoms with Crippen molar-refractivity contribution in [3.8, 4) is 5.75 Å². The molecule has 0 aliphatic carbocycles. The Morgan fingerprint density at radius 1 is 1.13 bits per heavy atom. The number of aromatic nitrogens is 3. The van der Waals surface area contributed by atoms with Crippen molar-refractivity contribution in [2.75, 3.05) is 25.1 Å². The van der Waals surface area contributed by atoms with Crippen molar-refractivity contribution >= 4 is 11.7 Å². The van der Waals surface area contributed by atoms with Gasteiger partial charge in [0.05, 0.1) is 31.8 Å². The van der Waals surface area contributed by atoms with Crippen LogP contribution in [0.15, 0.2) is 47.1 Å². The lowest BCUT2D eigenvalue weighted by molar-refractivity contribution is -0.123. The Labute approximate surface area is 181 Å². The van der Waals surface area contributed by atoms with Gasteiger partial charge in [-0.1, -0.05) is 17.3 Å². The molecule has 0 atom stereocenters. The fourth-order valence-corrected chi connectivity index (χ4v) is 4.77. The summed E-state index contributed by atoms with van der Waals surface area (Å²) in [6, 6.07) is 12.0. The number of carbonyl (C=O) groups excluding carboxylic acids is 1. The molecule has 1 spiro atoms. The molecule has 1 aromatic carbocycles. The molecule has 31 heavy (non-hydrogen) atoms. The third kappa shape index (κ3) is 3.72. The molecule has 2 aromatic heterocycles. The molecule has 1 amide bonds. The molecule has 0 bridgehead atoms. The molecular weight excluding hydrogens is 394 g/mol. The number of amides is 1. The molecule has 162 valence electrons. The third-order valence-electron chi connectivity index (χ3n) is 6.48. The zero-order valence-electron chi connectivity index (χ0n) is 18.0. The number of likely N-dealkylation sites (tertiary alicyclic amines) is 1. The highest BCUT2D eigenvalue weighted by Crippen LogP contribution is 2.41. The van der Waals surface area contributed by atoms with E-state index in [0.717, 1.165) is 55.5 Å². The second kappa shape index (κ2) is 7.85. The number of piperidine rings is 1. The van der Waals surface area contributed by atoms with Crippen LogP contribution >= 0.6 is 0 Å². The van der Waals surface area contributed by atoms with Crippen LogP contribution < -0.4 is 9.64 Å². The van der Waals surface area contributed by atoms with E-state index in [4.69, 9.17) is 9.26 Å². The largest absolute Gasteiger partial charge is 0.497 e. The number of hydrogen-bond donors (Lipinski definition) is 0. The Balaban J connectivity index is 1.30. The number of rotatable bonds is 5. The van der Waals surface area contributed by atoms with Crippen LogP contribution in [0.4, 0.5) is 5.82 Å². The maximum Gasteiger partial charge on any atom is 0.230 e. The van der Waals surface area contributed by atoms with E-state index in [1.165, 1.54) is 5.56 Å². The quantitative estimate of drug-likeness (QED) is 0.630. The van der Waals surface area contributed by atoms with Crippen molar-refractivity contribution in [2.24, 2.45) is 0 Å². The van der Waals surface area contributed by atoms with Crippen LogP contribution in [-0.2, 0) is 23.4 Å². The fourth-order valence-electron chi connectivity index (χ4n) is 4.77. The van der Waals surface area contributed by atoms with Gasteiger partial charge in [-0.15, -0.1) is 0 Å². The SMILES string of the molecule is COc1ccc(CN2CCC3(CC2)CC(=O)N(Cc2cc(C)on2)c2ccnn23)cc1. The Hall–Kier alpha value is -3.13. The molecular formula is C23H27N5O3. The molecule has 2 aliphatic rings. The summed E-state index contributed by atoms with van der Waals surface area (Å²) < 4.78 is 12.5. The molecule has 1 fully saturated rings. The molecule has 1 saturated heterocycles. The van der Waals surface area contributed by atoms with Gasteiger partial charge in [-0.2, -0.15) is 5.10 Å². The molecule has 8 heteroatoms. The Morgan fingerprint density at radius 3 is 2.58 bits per heavy atom. The first-order valence-corrected chi connectivity index (χ1v) is 10.7. The van der Waals surface area contributed by atoms with E-state index in [-0.39, 0.29) is 11.4 Å². The molecule has 0 saturated carbocycles. The number of carbonyl (C=O) groups is 1. The average Bonchev–Trinajstić information content (AvgIpc) is 3.43. The van der Waals surface area contributed by atoms with Crippen LogP contribution in [0.1, 0.15) is 36.3 Å². The monoisotopic (exact) mass is 421 g/mol. The highest BCUT2D eigenvalue weighted by molar-refractivity contribution is 5.94. The minimum Gasteiger partial charge on any atom is -0.497 e. The number of benzene rings is 1. The number of methoxy groups -OCH3 is 1. The Morgan fingerprint density at radius 2 is 1.90 bits per heavy atom. The standard InChI is InChI=1S/C23H27N5O3/c1-17-13-19(25-31-17)16-27-21-7-10-24-28(21)23(14-22(27)29)8-11-26(12-9-23)15-18-3-5-20(30-2)6-4-18/h3-7,10,13H,8-9,11-12,14-16H2,1-2H3. The highest BCUT2D eigenvalue weighted by atomic mass is 16.5. The van der Waals surface area contributed by atoms with E-state index in [1.54, 1.807) is 18.2 Å². The number of aryl methyl sites for hydroxylation is 1. The van der Waals surface area contributed by atoms with Gasteiger partial charge in [0.25, 0.3) is 0 Å². The van der Waals surface area contributed by atoms with Gasteiger partial charge >= 0.3 is 0 Å². The summed E-state index contributed by atoms with van der Waals surface area (Å²) in [4.78, 5) is 17.4. The molecule has 2 aliphatic heterocycles. The smallest absolute Gasteiger partial charge is 0.230 e. The summed E-state index contributed by atoms with van der Waals surface area (Å²) in [5.74, 6) is 2.59. The van der Waals surface area contributed by atoms with Gasteiger partial charge in [0, 0.05) is 31.8 Å². The Kier molecular flexibility index (Phi) is 5.02. The van der Waals surface area contributed by atoms with E-state index < -0.39 is 0 Å². The second-order valence-corrected chi connectivity index (χ2v) is 8.54. The maximum absolute atomic E-state index is 13.2. The van der Waals surface area contributed by atoms with Crippen molar-refractivity contribution in [2.45, 2.75) is 44.8 Å². The lowest BCUT2D eigenvalue weighted by Crippen LogP contribution is -2.53. The minimum atomic E-state index is -0.247. The molecule has 0 unspecified atom stereocenters. The molecule has 8 nitrogen and oxygen atoms in total. The van der Waals surface area contributed by atoms with E-state index in [9.17, 15) is 4.79 Å². The van der Waals surface area contributed by atoms with Gasteiger partial charge in [-0.25, -0.2) is 4.68 Å². The summed E-state index contributed by atoms with van der Waals surface area (Å²) in [5, 5.41) is 8.69. The van der Waals surface area contributed by atoms with Crippen molar-refractivity contribution in [1.82, 2.24) is 19.8 Å². The van der Waals surface area contributed by atoms with E-state index in [1.807, 2.05) is 31.2 Å². The van der Waals surface area contributed by atoms with Crippen LogP contribution in [0.3, 0.4) is 0 Å². The topological polar surface area (TPSA) is 76.6 Å². The second-order valence-electron chi connectivity index (χ2n) is 8.54. The highest BCUT2D eigenvalue weighted by Gasteiger charge is 2.45. The lowest BCUT2D eigenvalue weighted by atomic mass is 9.82. The van der Waals surface area contributed by atoms with Gasteiger partial charge < -0.3 is 9.26 Å². The summed E-state index contributed by atoms with van der Waals surface area (Å²) >= 11 is 0. The predicted octanol–water partition coefficient (Wildman–Crippen LogP) is 3.12. The molecule has 0 radical (unpaired) electrons.